The molecule has 1 aliphatic rings. The van der Waals surface area contributed by atoms with Gasteiger partial charge < -0.3 is 9.64 Å². The monoisotopic (exact) mass is 328 g/mol. The summed E-state index contributed by atoms with van der Waals surface area (Å²) >= 11 is 0. The van der Waals surface area contributed by atoms with E-state index in [2.05, 4.69) is 4.98 Å². The maximum Gasteiger partial charge on any atom is 0.228 e. The van der Waals surface area contributed by atoms with Crippen molar-refractivity contribution < 1.29 is 13.9 Å². The maximum atomic E-state index is 13.6. The van der Waals surface area contributed by atoms with E-state index in [1.807, 2.05) is 23.1 Å². The van der Waals surface area contributed by atoms with Crippen molar-refractivity contribution in [3.05, 3.63) is 60.2 Å². The number of ether oxygens (including phenoxy) is 1. The molecule has 0 unspecified atom stereocenters. The number of halogens is 1. The Bertz CT molecular complexity index is 678. The van der Waals surface area contributed by atoms with E-state index >= 15 is 0 Å². The second-order valence-corrected chi connectivity index (χ2v) is 6.09. The van der Waals surface area contributed by atoms with Gasteiger partial charge in [0.15, 0.2) is 11.6 Å². The first kappa shape index (κ1) is 16.4. The molecule has 0 radical (unpaired) electrons. The van der Waals surface area contributed by atoms with Gasteiger partial charge >= 0.3 is 0 Å². The van der Waals surface area contributed by atoms with Gasteiger partial charge in [0.2, 0.25) is 5.91 Å². The van der Waals surface area contributed by atoms with E-state index in [1.54, 1.807) is 24.4 Å². The minimum absolute atomic E-state index is 0.0873. The van der Waals surface area contributed by atoms with Crippen LogP contribution in [0.4, 0.5) is 4.39 Å². The number of benzene rings is 1. The molecule has 4 nitrogen and oxygen atoms in total. The van der Waals surface area contributed by atoms with E-state index in [1.165, 1.54) is 6.07 Å². The molecular formula is C19H21FN2O2. The molecule has 0 spiro atoms. The molecule has 3 rings (SSSR count). The zero-order valence-electron chi connectivity index (χ0n) is 13.5. The minimum atomic E-state index is -0.351. The number of carbonyl (C=O) groups excluding carboxylic acids is 1. The highest BCUT2D eigenvalue weighted by molar-refractivity contribution is 5.78. The summed E-state index contributed by atoms with van der Waals surface area (Å²) in [5.74, 6) is 0.237. The highest BCUT2D eigenvalue weighted by Gasteiger charge is 2.24. The van der Waals surface area contributed by atoms with Crippen LogP contribution in [0.3, 0.4) is 0 Å². The normalized spacial score (nSPS) is 17.5. The number of carbonyl (C=O) groups is 1. The number of aromatic nitrogens is 1. The average molecular weight is 328 g/mol. The number of pyridine rings is 1. The van der Waals surface area contributed by atoms with Gasteiger partial charge in [0.05, 0.1) is 13.0 Å². The van der Waals surface area contributed by atoms with Crippen LogP contribution < -0.4 is 4.74 Å². The fourth-order valence-corrected chi connectivity index (χ4v) is 2.97. The third kappa shape index (κ3) is 4.31. The second kappa shape index (κ2) is 7.90. The molecule has 2 heterocycles. The SMILES string of the molecule is O=C(Cc1ccccn1)N1CCC[C@H](COc2ccccc2F)C1. The Labute approximate surface area is 141 Å². The molecular weight excluding hydrogens is 307 g/mol. The Balaban J connectivity index is 1.52. The maximum absolute atomic E-state index is 13.6. The van der Waals surface area contributed by atoms with Crippen molar-refractivity contribution in [3.8, 4) is 5.75 Å². The van der Waals surface area contributed by atoms with Gasteiger partial charge in [-0.25, -0.2) is 4.39 Å². The lowest BCUT2D eigenvalue weighted by Gasteiger charge is -2.32. The first-order chi connectivity index (χ1) is 11.7. The van der Waals surface area contributed by atoms with E-state index in [-0.39, 0.29) is 23.4 Å². The highest BCUT2D eigenvalue weighted by atomic mass is 19.1. The Kier molecular flexibility index (Phi) is 5.41. The van der Waals surface area contributed by atoms with Crippen LogP contribution in [0.25, 0.3) is 0 Å². The quantitative estimate of drug-likeness (QED) is 0.847. The highest BCUT2D eigenvalue weighted by Crippen LogP contribution is 2.21. The molecule has 2 aromatic rings. The van der Waals surface area contributed by atoms with Gasteiger partial charge in [-0.3, -0.25) is 9.78 Å². The van der Waals surface area contributed by atoms with Gasteiger partial charge in [-0.1, -0.05) is 18.2 Å². The van der Waals surface area contributed by atoms with Crippen molar-refractivity contribution in [1.29, 1.82) is 0 Å². The van der Waals surface area contributed by atoms with Gasteiger partial charge in [-0.05, 0) is 37.1 Å². The predicted octanol–water partition coefficient (Wildman–Crippen LogP) is 3.08. The van der Waals surface area contributed by atoms with Crippen LogP contribution in [0, 0.1) is 11.7 Å². The topological polar surface area (TPSA) is 42.4 Å². The Hall–Kier alpha value is -2.43. The lowest BCUT2D eigenvalue weighted by atomic mass is 9.98. The molecule has 0 saturated carbocycles. The Morgan fingerprint density at radius 1 is 1.25 bits per heavy atom. The van der Waals surface area contributed by atoms with Gasteiger partial charge in [0.1, 0.15) is 0 Å². The summed E-state index contributed by atoms with van der Waals surface area (Å²) in [6.45, 7) is 1.84. The molecule has 0 bridgehead atoms. The molecule has 1 aliphatic heterocycles. The van der Waals surface area contributed by atoms with E-state index in [9.17, 15) is 9.18 Å². The average Bonchev–Trinajstić information content (AvgIpc) is 2.62. The third-order valence-corrected chi connectivity index (χ3v) is 4.24. The number of amides is 1. The van der Waals surface area contributed by atoms with Crippen LogP contribution in [0.15, 0.2) is 48.7 Å². The molecule has 0 N–H and O–H groups in total. The zero-order chi connectivity index (χ0) is 16.8. The number of nitrogens with zero attached hydrogens (tertiary/aromatic N) is 2. The molecule has 1 aromatic carbocycles. The van der Waals surface area contributed by atoms with E-state index in [4.69, 9.17) is 4.74 Å². The number of likely N-dealkylation sites (tertiary alicyclic amines) is 1. The van der Waals surface area contributed by atoms with Crippen molar-refractivity contribution in [2.24, 2.45) is 5.92 Å². The summed E-state index contributed by atoms with van der Waals surface area (Å²) in [7, 11) is 0. The first-order valence-corrected chi connectivity index (χ1v) is 8.27. The smallest absolute Gasteiger partial charge is 0.228 e. The lowest BCUT2D eigenvalue weighted by Crippen LogP contribution is -2.42. The van der Waals surface area contributed by atoms with E-state index in [0.29, 0.717) is 19.6 Å². The Morgan fingerprint density at radius 3 is 2.88 bits per heavy atom. The van der Waals surface area contributed by atoms with Crippen LogP contribution in [-0.2, 0) is 11.2 Å². The summed E-state index contributed by atoms with van der Waals surface area (Å²) < 4.78 is 19.2. The van der Waals surface area contributed by atoms with Crippen LogP contribution >= 0.6 is 0 Å². The fourth-order valence-electron chi connectivity index (χ4n) is 2.97. The third-order valence-electron chi connectivity index (χ3n) is 4.24. The van der Waals surface area contributed by atoms with Gasteiger partial charge in [-0.2, -0.15) is 0 Å². The summed E-state index contributed by atoms with van der Waals surface area (Å²) in [5.41, 5.74) is 0.784. The molecule has 1 amide bonds. The zero-order valence-corrected chi connectivity index (χ0v) is 13.5. The molecule has 1 aromatic heterocycles. The van der Waals surface area contributed by atoms with Gasteiger partial charge in [0.25, 0.3) is 0 Å². The molecule has 1 atom stereocenters. The fraction of sp³-hybridized carbons (Fsp3) is 0.368. The van der Waals surface area contributed by atoms with Crippen molar-refractivity contribution in [3.63, 3.8) is 0 Å². The molecule has 1 fully saturated rings. The molecule has 0 aliphatic carbocycles. The largest absolute Gasteiger partial charge is 0.490 e. The number of rotatable bonds is 5. The van der Waals surface area contributed by atoms with Gasteiger partial charge in [-0.15, -0.1) is 0 Å². The molecule has 126 valence electrons. The van der Waals surface area contributed by atoms with Crippen molar-refractivity contribution in [2.75, 3.05) is 19.7 Å². The lowest BCUT2D eigenvalue weighted by molar-refractivity contribution is -0.132. The first-order valence-electron chi connectivity index (χ1n) is 8.27. The second-order valence-electron chi connectivity index (χ2n) is 6.09. The van der Waals surface area contributed by atoms with Gasteiger partial charge in [0, 0.05) is 30.9 Å². The van der Waals surface area contributed by atoms with E-state index in [0.717, 1.165) is 25.1 Å². The number of hydrogen-bond donors (Lipinski definition) is 0. The van der Waals surface area contributed by atoms with Crippen LogP contribution in [0.5, 0.6) is 5.75 Å². The molecule has 5 heteroatoms. The van der Waals surface area contributed by atoms with Crippen LogP contribution in [-0.4, -0.2) is 35.5 Å². The summed E-state index contributed by atoms with van der Waals surface area (Å²) in [4.78, 5) is 18.5. The summed E-state index contributed by atoms with van der Waals surface area (Å²) in [6, 6.07) is 12.0. The van der Waals surface area contributed by atoms with Crippen LogP contribution in [0.2, 0.25) is 0 Å². The van der Waals surface area contributed by atoms with Crippen LogP contribution in [0.1, 0.15) is 18.5 Å². The molecule has 24 heavy (non-hydrogen) atoms. The number of piperidine rings is 1. The summed E-state index contributed by atoms with van der Waals surface area (Å²) in [6.07, 6.45) is 3.95. The van der Waals surface area contributed by atoms with Crippen molar-refractivity contribution in [1.82, 2.24) is 9.88 Å². The minimum Gasteiger partial charge on any atom is -0.490 e. The Morgan fingerprint density at radius 2 is 2.08 bits per heavy atom. The predicted molar refractivity (Wildman–Crippen MR) is 89.1 cm³/mol. The number of para-hydroxylation sites is 1. The molecule has 1 saturated heterocycles. The van der Waals surface area contributed by atoms with Crippen molar-refractivity contribution >= 4 is 5.91 Å². The van der Waals surface area contributed by atoms with Crippen molar-refractivity contribution in [2.45, 2.75) is 19.3 Å². The summed E-state index contributed by atoms with van der Waals surface area (Å²) in [5, 5.41) is 0. The standard InChI is InChI=1S/C19H21FN2O2/c20-17-8-1-2-9-18(17)24-14-15-6-5-11-22(13-15)19(23)12-16-7-3-4-10-21-16/h1-4,7-10,15H,5-6,11-14H2/t15-/m0/s1. The van der Waals surface area contributed by atoms with E-state index < -0.39 is 0 Å². The number of hydrogen-bond acceptors (Lipinski definition) is 3.